The van der Waals surface area contributed by atoms with Gasteiger partial charge in [-0.2, -0.15) is 0 Å². The number of ether oxygens (including phenoxy) is 1. The lowest BCUT2D eigenvalue weighted by Crippen LogP contribution is -2.57. The van der Waals surface area contributed by atoms with E-state index in [2.05, 4.69) is 5.32 Å². The monoisotopic (exact) mass is 476 g/mol. The van der Waals surface area contributed by atoms with E-state index in [0.29, 0.717) is 5.69 Å². The number of aromatic hydroxyl groups is 1. The number of aromatic nitrogens is 1. The molecule has 0 atom stereocenters. The molecule has 1 aliphatic heterocycles. The molecule has 1 aromatic heterocycles. The molecule has 2 N–H and O–H groups in total. The summed E-state index contributed by atoms with van der Waals surface area (Å²) in [6.07, 6.45) is 0. The quantitative estimate of drug-likeness (QED) is 0.515. The molecule has 0 saturated heterocycles. The Morgan fingerprint density at radius 3 is 2.20 bits per heavy atom. The van der Waals surface area contributed by atoms with Gasteiger partial charge in [-0.3, -0.25) is 19.4 Å². The van der Waals surface area contributed by atoms with Gasteiger partial charge in [-0.25, -0.2) is 4.68 Å². The maximum absolute atomic E-state index is 13.5. The van der Waals surface area contributed by atoms with Crippen LogP contribution in [-0.2, 0) is 16.1 Å². The Balaban J connectivity index is 1.97. The van der Waals surface area contributed by atoms with E-state index in [1.165, 1.54) is 13.0 Å². The normalized spacial score (nSPS) is 13.2. The lowest BCUT2D eigenvalue weighted by molar-refractivity contribution is -0.119. The van der Waals surface area contributed by atoms with E-state index < -0.39 is 17.1 Å². The van der Waals surface area contributed by atoms with Gasteiger partial charge in [0, 0.05) is 26.6 Å². The molecule has 0 saturated carbocycles. The van der Waals surface area contributed by atoms with E-state index in [4.69, 9.17) is 4.74 Å². The second-order valence-corrected chi connectivity index (χ2v) is 8.28. The molecule has 0 unspecified atom stereocenters. The predicted octanol–water partition coefficient (Wildman–Crippen LogP) is 1.98. The molecule has 0 fully saturated rings. The van der Waals surface area contributed by atoms with E-state index in [0.717, 1.165) is 11.1 Å². The number of fused-ring (bicyclic) bond motifs is 1. The van der Waals surface area contributed by atoms with Crippen LogP contribution in [0.25, 0.3) is 0 Å². The molecule has 2 heterocycles. The first-order chi connectivity index (χ1) is 16.9. The number of carbonyl (C=O) groups excluding carboxylic acids is 2. The molecule has 0 aliphatic carbocycles. The summed E-state index contributed by atoms with van der Waals surface area (Å²) in [5.41, 5.74) is 1.46. The summed E-state index contributed by atoms with van der Waals surface area (Å²) in [6, 6.07) is 20.4. The number of pyridine rings is 1. The number of methoxy groups -OCH3 is 1. The van der Waals surface area contributed by atoms with Crippen LogP contribution in [0.15, 0.2) is 71.5 Å². The van der Waals surface area contributed by atoms with Gasteiger partial charge in [0.25, 0.3) is 5.91 Å². The number of hydrogen-bond acceptors (Lipinski definition) is 6. The maximum atomic E-state index is 13.5. The first kappa shape index (κ1) is 24.0. The van der Waals surface area contributed by atoms with E-state index in [1.807, 2.05) is 65.7 Å². The first-order valence-corrected chi connectivity index (χ1v) is 11.3. The number of nitrogens with one attached hydrogen (secondary N) is 1. The third-order valence-electron chi connectivity index (χ3n) is 5.91. The molecule has 2 aromatic carbocycles. The third kappa shape index (κ3) is 4.90. The highest BCUT2D eigenvalue weighted by atomic mass is 16.5. The number of carbonyl (C=O) groups is 2. The summed E-state index contributed by atoms with van der Waals surface area (Å²) in [4.78, 5) is 39.3. The molecule has 1 aliphatic rings. The predicted molar refractivity (Wildman–Crippen MR) is 131 cm³/mol. The molecule has 9 heteroatoms. The smallest absolute Gasteiger partial charge is 0.277 e. The van der Waals surface area contributed by atoms with Crippen LogP contribution < -0.4 is 15.8 Å². The zero-order valence-electron chi connectivity index (χ0n) is 19.7. The lowest BCUT2D eigenvalue weighted by atomic mass is 9.98. The minimum Gasteiger partial charge on any atom is -0.502 e. The highest BCUT2D eigenvalue weighted by molar-refractivity contribution is 5.96. The van der Waals surface area contributed by atoms with Crippen molar-refractivity contribution in [3.63, 3.8) is 0 Å². The third-order valence-corrected chi connectivity index (χ3v) is 5.91. The van der Waals surface area contributed by atoms with Gasteiger partial charge in [-0.15, -0.1) is 0 Å². The average Bonchev–Trinajstić information content (AvgIpc) is 2.86. The number of benzene rings is 2. The topological polar surface area (TPSA) is 104 Å². The molecule has 0 radical (unpaired) electrons. The van der Waals surface area contributed by atoms with Crippen molar-refractivity contribution in [3.8, 4) is 5.75 Å². The van der Waals surface area contributed by atoms with Gasteiger partial charge in [-0.1, -0.05) is 60.7 Å². The minimum atomic E-state index is -0.686. The van der Waals surface area contributed by atoms with Crippen molar-refractivity contribution in [2.24, 2.45) is 0 Å². The standard InChI is InChI=1S/C26H28N4O5/c1-18(31)27-16-21-15-22(32)25(33)24-26(34)28(13-14-35-2)17-29(30(21)24)23(19-9-5-3-6-10-19)20-11-7-4-8-12-20/h3-12,15,23,33H,13-14,16-17H2,1-2H3,(H,27,31). The zero-order chi connectivity index (χ0) is 24.9. The van der Waals surface area contributed by atoms with Crippen molar-refractivity contribution in [2.75, 3.05) is 31.9 Å². The summed E-state index contributed by atoms with van der Waals surface area (Å²) in [5.74, 6) is -1.40. The molecule has 2 amide bonds. The number of hydrogen-bond donors (Lipinski definition) is 2. The number of rotatable bonds is 8. The van der Waals surface area contributed by atoms with Crippen molar-refractivity contribution in [1.82, 2.24) is 14.9 Å². The molecule has 3 aromatic rings. The lowest BCUT2D eigenvalue weighted by Gasteiger charge is -2.45. The van der Waals surface area contributed by atoms with Crippen molar-refractivity contribution in [1.29, 1.82) is 0 Å². The highest BCUT2D eigenvalue weighted by Crippen LogP contribution is 2.33. The van der Waals surface area contributed by atoms with Crippen molar-refractivity contribution in [3.05, 3.63) is 99.5 Å². The largest absolute Gasteiger partial charge is 0.502 e. The van der Waals surface area contributed by atoms with Crippen LogP contribution in [0.1, 0.15) is 40.3 Å². The Morgan fingerprint density at radius 2 is 1.66 bits per heavy atom. The van der Waals surface area contributed by atoms with Crippen molar-refractivity contribution >= 4 is 11.8 Å². The van der Waals surface area contributed by atoms with Gasteiger partial charge in [0.1, 0.15) is 6.67 Å². The Hall–Kier alpha value is -4.11. The summed E-state index contributed by atoms with van der Waals surface area (Å²) in [7, 11) is 1.55. The second-order valence-electron chi connectivity index (χ2n) is 8.28. The molecule has 0 spiro atoms. The van der Waals surface area contributed by atoms with E-state index in [-0.39, 0.29) is 44.0 Å². The number of amides is 2. The summed E-state index contributed by atoms with van der Waals surface area (Å²) < 4.78 is 6.77. The maximum Gasteiger partial charge on any atom is 0.277 e. The summed E-state index contributed by atoms with van der Waals surface area (Å²) in [6.45, 7) is 2.11. The fraction of sp³-hybridized carbons (Fsp3) is 0.269. The van der Waals surface area contributed by atoms with Crippen LogP contribution in [-0.4, -0.2) is 53.4 Å². The van der Waals surface area contributed by atoms with Gasteiger partial charge in [0.15, 0.2) is 11.4 Å². The SMILES string of the molecule is COCCN1CN(C(c2ccccc2)c2ccccc2)n2c(CNC(C)=O)cc(=O)c(O)c2C1=O. The Bertz CT molecular complexity index is 1220. The van der Waals surface area contributed by atoms with Gasteiger partial charge in [0.2, 0.25) is 11.3 Å². The first-order valence-electron chi connectivity index (χ1n) is 11.3. The number of nitrogens with zero attached hydrogens (tertiary/aromatic N) is 3. The molecule has 35 heavy (non-hydrogen) atoms. The fourth-order valence-corrected chi connectivity index (χ4v) is 4.30. The summed E-state index contributed by atoms with van der Waals surface area (Å²) >= 11 is 0. The van der Waals surface area contributed by atoms with Crippen LogP contribution in [0.5, 0.6) is 5.75 Å². The van der Waals surface area contributed by atoms with E-state index in [9.17, 15) is 19.5 Å². The van der Waals surface area contributed by atoms with Crippen LogP contribution >= 0.6 is 0 Å². The zero-order valence-corrected chi connectivity index (χ0v) is 19.7. The van der Waals surface area contributed by atoms with Crippen molar-refractivity contribution in [2.45, 2.75) is 19.5 Å². The molecular formula is C26H28N4O5. The molecular weight excluding hydrogens is 448 g/mol. The van der Waals surface area contributed by atoms with Crippen LogP contribution in [0.3, 0.4) is 0 Å². The van der Waals surface area contributed by atoms with Gasteiger partial charge < -0.3 is 20.1 Å². The van der Waals surface area contributed by atoms with Crippen molar-refractivity contribution < 1.29 is 19.4 Å². The van der Waals surface area contributed by atoms with Gasteiger partial charge in [0.05, 0.1) is 24.9 Å². The molecule has 4 rings (SSSR count). The second kappa shape index (κ2) is 10.4. The Kier molecular flexibility index (Phi) is 7.17. The van der Waals surface area contributed by atoms with Crippen LogP contribution in [0, 0.1) is 0 Å². The van der Waals surface area contributed by atoms with Crippen LogP contribution in [0.4, 0.5) is 0 Å². The molecule has 182 valence electrons. The van der Waals surface area contributed by atoms with Gasteiger partial charge in [-0.05, 0) is 11.1 Å². The highest BCUT2D eigenvalue weighted by Gasteiger charge is 2.37. The Labute approximate surface area is 203 Å². The minimum absolute atomic E-state index is 0.00992. The van der Waals surface area contributed by atoms with E-state index >= 15 is 0 Å². The Morgan fingerprint density at radius 1 is 1.06 bits per heavy atom. The van der Waals surface area contributed by atoms with Gasteiger partial charge >= 0.3 is 0 Å². The molecule has 0 bridgehead atoms. The summed E-state index contributed by atoms with van der Waals surface area (Å²) in [5, 5.41) is 15.4. The van der Waals surface area contributed by atoms with Crippen LogP contribution in [0.2, 0.25) is 0 Å². The molecule has 9 nitrogen and oxygen atoms in total. The average molecular weight is 477 g/mol. The fourth-order valence-electron chi connectivity index (χ4n) is 4.30. The van der Waals surface area contributed by atoms with E-state index in [1.54, 1.807) is 16.7 Å².